The number of urea groups is 1. The Hall–Kier alpha value is -3.22. The maximum atomic E-state index is 13.1. The van der Waals surface area contributed by atoms with Crippen molar-refractivity contribution < 1.29 is 18.8 Å². The number of nitrogens with one attached hydrogen (secondary N) is 3. The van der Waals surface area contributed by atoms with Crippen LogP contribution in [0.4, 0.5) is 14.9 Å². The zero-order chi connectivity index (χ0) is 19.6. The molecule has 7 heteroatoms. The molecule has 4 amide bonds. The van der Waals surface area contributed by atoms with Gasteiger partial charge < -0.3 is 10.6 Å². The Morgan fingerprint density at radius 2 is 1.70 bits per heavy atom. The molecule has 0 aliphatic carbocycles. The molecule has 1 atom stereocenters. The number of carbonyl (C=O) groups excluding carboxylic acids is 3. The largest absolute Gasteiger partial charge is 0.335 e. The Balaban J connectivity index is 1.66. The molecule has 140 valence electrons. The number of hydrogen-bond acceptors (Lipinski definition) is 3. The normalized spacial score (nSPS) is 13.9. The lowest BCUT2D eigenvalue weighted by Crippen LogP contribution is -2.42. The number of hydrogen-bond donors (Lipinski definition) is 3. The lowest BCUT2D eigenvalue weighted by atomic mass is 9.96. The Bertz CT molecular complexity index is 894. The van der Waals surface area contributed by atoms with Gasteiger partial charge in [0.25, 0.3) is 11.8 Å². The third-order valence-electron chi connectivity index (χ3n) is 4.48. The van der Waals surface area contributed by atoms with Gasteiger partial charge >= 0.3 is 6.03 Å². The van der Waals surface area contributed by atoms with Crippen LogP contribution in [-0.2, 0) is 6.42 Å². The lowest BCUT2D eigenvalue weighted by molar-refractivity contribution is 0.0879. The second-order valence-electron chi connectivity index (χ2n) is 6.82. The first-order chi connectivity index (χ1) is 12.8. The fourth-order valence-electron chi connectivity index (χ4n) is 2.91. The van der Waals surface area contributed by atoms with Gasteiger partial charge in [-0.25, -0.2) is 9.18 Å². The predicted molar refractivity (Wildman–Crippen MR) is 99.1 cm³/mol. The lowest BCUT2D eigenvalue weighted by Gasteiger charge is -2.23. The molecule has 1 heterocycles. The molecule has 27 heavy (non-hydrogen) atoms. The molecule has 0 saturated heterocycles. The minimum absolute atomic E-state index is 0.157. The van der Waals surface area contributed by atoms with E-state index in [1.807, 2.05) is 13.8 Å². The van der Waals surface area contributed by atoms with Gasteiger partial charge in [-0.15, -0.1) is 0 Å². The Kier molecular flexibility index (Phi) is 5.21. The van der Waals surface area contributed by atoms with Crippen molar-refractivity contribution in [3.63, 3.8) is 0 Å². The van der Waals surface area contributed by atoms with E-state index in [9.17, 15) is 18.8 Å². The van der Waals surface area contributed by atoms with Crippen LogP contribution in [0.15, 0.2) is 42.5 Å². The summed E-state index contributed by atoms with van der Waals surface area (Å²) in [6.07, 6.45) is 0.562. The molecule has 1 aliphatic rings. The third-order valence-corrected chi connectivity index (χ3v) is 4.48. The summed E-state index contributed by atoms with van der Waals surface area (Å²) in [5.74, 6) is -1.06. The molecular formula is C20H20FN3O3. The van der Waals surface area contributed by atoms with Gasteiger partial charge in [0.2, 0.25) is 0 Å². The Morgan fingerprint density at radius 1 is 1.04 bits per heavy atom. The van der Waals surface area contributed by atoms with Crippen molar-refractivity contribution in [3.05, 3.63) is 65.0 Å². The molecule has 2 aromatic carbocycles. The van der Waals surface area contributed by atoms with Crippen LogP contribution < -0.4 is 16.0 Å². The van der Waals surface area contributed by atoms with Gasteiger partial charge in [0, 0.05) is 11.7 Å². The van der Waals surface area contributed by atoms with Crippen molar-refractivity contribution >= 4 is 23.5 Å². The van der Waals surface area contributed by atoms with E-state index in [0.29, 0.717) is 17.7 Å². The summed E-state index contributed by atoms with van der Waals surface area (Å²) in [6, 6.07) is 10.1. The Labute approximate surface area is 156 Å². The van der Waals surface area contributed by atoms with Gasteiger partial charge in [-0.2, -0.15) is 0 Å². The molecule has 0 saturated carbocycles. The van der Waals surface area contributed by atoms with E-state index in [0.717, 1.165) is 5.56 Å². The van der Waals surface area contributed by atoms with E-state index in [-0.39, 0.29) is 23.3 Å². The summed E-state index contributed by atoms with van der Waals surface area (Å²) < 4.78 is 13.1. The van der Waals surface area contributed by atoms with Crippen molar-refractivity contribution in [3.8, 4) is 0 Å². The molecule has 3 N–H and O–H groups in total. The second-order valence-corrected chi connectivity index (χ2v) is 6.82. The molecule has 1 aliphatic heterocycles. The summed E-state index contributed by atoms with van der Waals surface area (Å²) in [5, 5.41) is 7.80. The topological polar surface area (TPSA) is 87.3 Å². The molecule has 0 bridgehead atoms. The number of anilines is 1. The third kappa shape index (κ3) is 4.31. The van der Waals surface area contributed by atoms with Gasteiger partial charge in [0.1, 0.15) is 5.82 Å². The fraction of sp³-hybridized carbons (Fsp3) is 0.250. The van der Waals surface area contributed by atoms with E-state index >= 15 is 0 Å². The summed E-state index contributed by atoms with van der Waals surface area (Å²) in [6.45, 7) is 3.97. The number of rotatable bonds is 5. The zero-order valence-electron chi connectivity index (χ0n) is 15.0. The highest BCUT2D eigenvalue weighted by atomic mass is 19.1. The smallest absolute Gasteiger partial charge is 0.319 e. The van der Waals surface area contributed by atoms with E-state index in [4.69, 9.17) is 0 Å². The van der Waals surface area contributed by atoms with Crippen molar-refractivity contribution in [2.24, 2.45) is 5.92 Å². The van der Waals surface area contributed by atoms with Crippen LogP contribution in [0.2, 0.25) is 0 Å². The minimum Gasteiger partial charge on any atom is -0.335 e. The van der Waals surface area contributed by atoms with Crippen LogP contribution in [0.1, 0.15) is 40.1 Å². The second kappa shape index (κ2) is 7.57. The molecule has 2 aromatic rings. The van der Waals surface area contributed by atoms with Gasteiger partial charge in [0.15, 0.2) is 0 Å². The minimum atomic E-state index is -0.476. The first-order valence-corrected chi connectivity index (χ1v) is 8.65. The number of carbonyl (C=O) groups is 3. The van der Waals surface area contributed by atoms with E-state index in [1.165, 1.54) is 24.3 Å². The number of amides is 4. The van der Waals surface area contributed by atoms with E-state index < -0.39 is 17.8 Å². The average molecular weight is 369 g/mol. The summed E-state index contributed by atoms with van der Waals surface area (Å²) in [5.41, 5.74) is 1.87. The molecule has 0 spiro atoms. The number of halogens is 1. The number of imide groups is 1. The van der Waals surface area contributed by atoms with Crippen LogP contribution in [0.25, 0.3) is 0 Å². The maximum absolute atomic E-state index is 13.1. The van der Waals surface area contributed by atoms with Crippen LogP contribution in [0.3, 0.4) is 0 Å². The molecule has 0 fully saturated rings. The predicted octanol–water partition coefficient (Wildman–Crippen LogP) is 3.10. The molecule has 0 aromatic heterocycles. The van der Waals surface area contributed by atoms with Gasteiger partial charge in [0.05, 0.1) is 11.1 Å². The first-order valence-electron chi connectivity index (χ1n) is 8.65. The van der Waals surface area contributed by atoms with Crippen LogP contribution in [0, 0.1) is 11.7 Å². The van der Waals surface area contributed by atoms with E-state index in [1.54, 1.807) is 18.2 Å². The SMILES string of the molecule is CC(C)C(Cc1ccc(F)cc1)NC(=O)Nc1ccc2c(c1)C(=O)NC2=O. The van der Waals surface area contributed by atoms with Gasteiger partial charge in [-0.1, -0.05) is 26.0 Å². The highest BCUT2D eigenvalue weighted by Crippen LogP contribution is 2.20. The van der Waals surface area contributed by atoms with Crippen molar-refractivity contribution in [2.75, 3.05) is 5.32 Å². The van der Waals surface area contributed by atoms with Crippen molar-refractivity contribution in [1.82, 2.24) is 10.6 Å². The summed E-state index contributed by atoms with van der Waals surface area (Å²) >= 11 is 0. The maximum Gasteiger partial charge on any atom is 0.319 e. The van der Waals surface area contributed by atoms with Gasteiger partial charge in [-0.3, -0.25) is 14.9 Å². The van der Waals surface area contributed by atoms with Crippen LogP contribution in [-0.4, -0.2) is 23.9 Å². The average Bonchev–Trinajstić information content (AvgIpc) is 2.90. The molecule has 6 nitrogen and oxygen atoms in total. The quantitative estimate of drug-likeness (QED) is 0.708. The number of benzene rings is 2. The highest BCUT2D eigenvalue weighted by Gasteiger charge is 2.27. The van der Waals surface area contributed by atoms with Crippen LogP contribution >= 0.6 is 0 Å². The molecule has 0 radical (unpaired) electrons. The van der Waals surface area contributed by atoms with Gasteiger partial charge in [-0.05, 0) is 48.2 Å². The zero-order valence-corrected chi connectivity index (χ0v) is 15.0. The molecular weight excluding hydrogens is 349 g/mol. The standard InChI is InChI=1S/C20H20FN3O3/c1-11(2)17(9-12-3-5-13(21)6-4-12)23-20(27)22-14-7-8-15-16(10-14)19(26)24-18(15)25/h3-8,10-11,17H,9H2,1-2H3,(H2,22,23,27)(H,24,25,26). The monoisotopic (exact) mass is 369 g/mol. The molecule has 1 unspecified atom stereocenters. The van der Waals surface area contributed by atoms with Crippen molar-refractivity contribution in [2.45, 2.75) is 26.3 Å². The highest BCUT2D eigenvalue weighted by molar-refractivity contribution is 6.22. The summed E-state index contributed by atoms with van der Waals surface area (Å²) in [4.78, 5) is 35.7. The fourth-order valence-corrected chi connectivity index (χ4v) is 2.91. The Morgan fingerprint density at radius 3 is 2.37 bits per heavy atom. The number of fused-ring (bicyclic) bond motifs is 1. The molecule has 3 rings (SSSR count). The van der Waals surface area contributed by atoms with Crippen molar-refractivity contribution in [1.29, 1.82) is 0 Å². The van der Waals surface area contributed by atoms with Crippen LogP contribution in [0.5, 0.6) is 0 Å². The first kappa shape index (κ1) is 18.6. The summed E-state index contributed by atoms with van der Waals surface area (Å²) in [7, 11) is 0. The van der Waals surface area contributed by atoms with E-state index in [2.05, 4.69) is 16.0 Å².